The van der Waals surface area contributed by atoms with E-state index in [2.05, 4.69) is 34.6 Å². The average molecular weight is 981 g/mol. The summed E-state index contributed by atoms with van der Waals surface area (Å²) in [7, 11) is 0. The zero-order valence-corrected chi connectivity index (χ0v) is 40.9. The zero-order chi connectivity index (χ0) is 50.4. The lowest BCUT2D eigenvalue weighted by Gasteiger charge is -2.71. The Labute approximate surface area is 399 Å². The van der Waals surface area contributed by atoms with Crippen LogP contribution in [0.25, 0.3) is 0 Å². The molecular weight excluding hydrogens is 897 g/mol. The van der Waals surface area contributed by atoms with Crippen molar-refractivity contribution in [2.24, 2.45) is 45.3 Å². The molecule has 0 spiro atoms. The van der Waals surface area contributed by atoms with Gasteiger partial charge in [-0.15, -0.1) is 0 Å². The van der Waals surface area contributed by atoms with Crippen LogP contribution in [0, 0.1) is 45.3 Å². The zero-order valence-electron chi connectivity index (χ0n) is 40.9. The van der Waals surface area contributed by atoms with Gasteiger partial charge in [0.2, 0.25) is 0 Å². The minimum Gasteiger partial charge on any atom is -0.394 e. The summed E-state index contributed by atoms with van der Waals surface area (Å²) in [5.74, 6) is -0.603. The molecule has 14 N–H and O–H groups in total. The number of hydrogen-bond donors (Lipinski definition) is 14. The molecule has 7 fully saturated rings. The van der Waals surface area contributed by atoms with Gasteiger partial charge in [-0.05, 0) is 124 Å². The Hall–Kier alpha value is -0.800. The van der Waals surface area contributed by atoms with E-state index in [1.165, 1.54) is 13.8 Å². The molecule has 26 atom stereocenters. The number of aliphatic hydroxyl groups excluding tert-OH is 13. The van der Waals surface area contributed by atoms with Crippen LogP contribution in [0.4, 0.5) is 0 Å². The van der Waals surface area contributed by atoms with Crippen LogP contribution in [-0.2, 0) is 28.4 Å². The first-order chi connectivity index (χ1) is 31.6. The van der Waals surface area contributed by atoms with Crippen LogP contribution in [0.3, 0.4) is 0 Å². The van der Waals surface area contributed by atoms with Gasteiger partial charge in [0, 0.05) is 0 Å². The minimum atomic E-state index is -1.81. The van der Waals surface area contributed by atoms with E-state index in [0.29, 0.717) is 25.7 Å². The maximum absolute atomic E-state index is 12.7. The second-order valence-corrected chi connectivity index (χ2v) is 23.8. The molecule has 0 bridgehead atoms. The van der Waals surface area contributed by atoms with E-state index in [4.69, 9.17) is 28.4 Å². The molecule has 0 unspecified atom stereocenters. The normalized spacial score (nSPS) is 52.1. The van der Waals surface area contributed by atoms with Crippen molar-refractivity contribution in [1.29, 1.82) is 0 Å². The molecule has 4 aliphatic carbocycles. The van der Waals surface area contributed by atoms with Crippen molar-refractivity contribution in [3.05, 3.63) is 0 Å². The van der Waals surface area contributed by atoms with Crippen molar-refractivity contribution in [3.8, 4) is 0 Å². The summed E-state index contributed by atoms with van der Waals surface area (Å²) in [6.45, 7) is 14.0. The summed E-state index contributed by atoms with van der Waals surface area (Å²) in [6, 6.07) is 0. The van der Waals surface area contributed by atoms with E-state index in [0.717, 1.165) is 19.3 Å². The van der Waals surface area contributed by atoms with Crippen LogP contribution in [0.15, 0.2) is 0 Å². The van der Waals surface area contributed by atoms with Crippen LogP contribution < -0.4 is 0 Å². The van der Waals surface area contributed by atoms with Crippen LogP contribution in [0.5, 0.6) is 0 Å². The van der Waals surface area contributed by atoms with Gasteiger partial charge >= 0.3 is 0 Å². The third-order valence-electron chi connectivity index (χ3n) is 19.3. The van der Waals surface area contributed by atoms with E-state index < -0.39 is 152 Å². The Morgan fingerprint density at radius 2 is 1.10 bits per heavy atom. The minimum absolute atomic E-state index is 0.0301. The van der Waals surface area contributed by atoms with Crippen molar-refractivity contribution in [1.82, 2.24) is 0 Å². The topological polar surface area (TPSA) is 339 Å². The molecule has 0 aromatic rings. The molecular formula is C48H84O20. The fraction of sp³-hybridized carbons (Fsp3) is 1.00. The molecule has 7 aliphatic rings. The lowest BCUT2D eigenvalue weighted by Crippen LogP contribution is -2.68. The summed E-state index contributed by atoms with van der Waals surface area (Å²) in [6.07, 6.45) is -21.0. The van der Waals surface area contributed by atoms with Gasteiger partial charge in [0.1, 0.15) is 73.2 Å². The maximum atomic E-state index is 12.7. The highest BCUT2D eigenvalue weighted by atomic mass is 16.8. The third-order valence-corrected chi connectivity index (χ3v) is 19.3. The molecule has 7 rings (SSSR count). The molecule has 3 saturated heterocycles. The van der Waals surface area contributed by atoms with E-state index in [-0.39, 0.29) is 47.3 Å². The predicted molar refractivity (Wildman–Crippen MR) is 236 cm³/mol. The van der Waals surface area contributed by atoms with Crippen molar-refractivity contribution in [2.45, 2.75) is 235 Å². The highest BCUT2D eigenvalue weighted by Gasteiger charge is 2.72. The molecule has 0 amide bonds. The number of aliphatic hydroxyl groups is 14. The van der Waals surface area contributed by atoms with E-state index >= 15 is 0 Å². The monoisotopic (exact) mass is 981 g/mol. The molecule has 3 aliphatic heterocycles. The Bertz CT molecular complexity index is 1700. The second kappa shape index (κ2) is 19.8. The molecule has 0 radical (unpaired) electrons. The molecule has 0 aromatic carbocycles. The van der Waals surface area contributed by atoms with Crippen LogP contribution in [0.1, 0.15) is 113 Å². The Kier molecular flexibility index (Phi) is 16.0. The Balaban J connectivity index is 1.14. The largest absolute Gasteiger partial charge is 0.394 e. The number of fused-ring (bicyclic) bond motifs is 5. The molecule has 0 aromatic heterocycles. The fourth-order valence-corrected chi connectivity index (χ4v) is 15.0. The molecule has 20 heteroatoms. The van der Waals surface area contributed by atoms with Crippen LogP contribution in [0.2, 0.25) is 0 Å². The van der Waals surface area contributed by atoms with Gasteiger partial charge in [-0.25, -0.2) is 0 Å². The summed E-state index contributed by atoms with van der Waals surface area (Å²) >= 11 is 0. The van der Waals surface area contributed by atoms with E-state index in [1.54, 1.807) is 0 Å². The lowest BCUT2D eigenvalue weighted by atomic mass is 9.35. The number of ether oxygens (including phenoxy) is 6. The van der Waals surface area contributed by atoms with Crippen molar-refractivity contribution in [3.63, 3.8) is 0 Å². The quantitative estimate of drug-likeness (QED) is 0.0849. The van der Waals surface area contributed by atoms with Crippen molar-refractivity contribution in [2.75, 3.05) is 19.8 Å². The number of hydrogen-bond acceptors (Lipinski definition) is 20. The van der Waals surface area contributed by atoms with E-state index in [1.807, 2.05) is 6.92 Å². The van der Waals surface area contributed by atoms with Gasteiger partial charge < -0.3 is 99.9 Å². The standard InChI is InChI=1S/C48H84O20/c1-43(2)26-10-15-46(6)27(45(26,5)13-12-29(43)66-42-39(36(59)33(56)25(20-51)65-42)67-40-37(60)34(57)31(54)23(18-49)63-40)17-22(52)30-21(9-14-47(30,46)7)48(8,16-11-28(53)44(3,4)62)68-41-38(61)35(58)32(55)24(19-50)64-41/h21-42,49-62H,9-20H2,1-8H3/t21-,22-,23-,24-,25+,26+,27-,28-,29-,30+,31-,32-,33-,34-,35+,36+,37+,38+,39-,40-,41-,42-,45-,46-,47+,48+/m1/s1. The SMILES string of the molecule is CC(C)(O)[C@H](O)CC[C@](C)(O[C@H]1O[C@H](CO)[C@@H](O)[C@H](O)[C@@H]1O)[C@@H]1CC[C@@]2(C)[C@@H]1[C@H](O)C[C@@H]1[C@]3(C)CC[C@@H](O[C@H]4O[C@@H](CO)[C@@H](O)[C@H](O)[C@H]4O[C@H]4O[C@H](CO)[C@@H](O)[C@@H](O)[C@@H]4O)C(C)(C)[C@@H]3CC[C@]12C. The summed E-state index contributed by atoms with van der Waals surface area (Å²) in [5, 5.41) is 151. The Morgan fingerprint density at radius 1 is 0.588 bits per heavy atom. The molecule has 68 heavy (non-hydrogen) atoms. The first-order valence-corrected chi connectivity index (χ1v) is 24.9. The van der Waals surface area contributed by atoms with E-state index in [9.17, 15) is 71.5 Å². The van der Waals surface area contributed by atoms with Gasteiger partial charge in [0.05, 0.1) is 49.3 Å². The summed E-state index contributed by atoms with van der Waals surface area (Å²) < 4.78 is 37.0. The van der Waals surface area contributed by atoms with Crippen LogP contribution >= 0.6 is 0 Å². The summed E-state index contributed by atoms with van der Waals surface area (Å²) in [4.78, 5) is 0. The molecule has 20 nitrogen and oxygen atoms in total. The third kappa shape index (κ3) is 9.17. The first kappa shape index (κ1) is 55.0. The van der Waals surface area contributed by atoms with Crippen molar-refractivity contribution < 1.29 is 99.9 Å². The smallest absolute Gasteiger partial charge is 0.187 e. The van der Waals surface area contributed by atoms with Gasteiger partial charge in [-0.1, -0.05) is 34.6 Å². The summed E-state index contributed by atoms with van der Waals surface area (Å²) in [5.41, 5.74) is -4.27. The maximum Gasteiger partial charge on any atom is 0.187 e. The Morgan fingerprint density at radius 3 is 1.66 bits per heavy atom. The van der Waals surface area contributed by atoms with Gasteiger partial charge in [-0.2, -0.15) is 0 Å². The van der Waals surface area contributed by atoms with Gasteiger partial charge in [0.15, 0.2) is 18.9 Å². The molecule has 396 valence electrons. The van der Waals surface area contributed by atoms with Gasteiger partial charge in [-0.3, -0.25) is 0 Å². The first-order valence-electron chi connectivity index (χ1n) is 24.9. The van der Waals surface area contributed by atoms with Gasteiger partial charge in [0.25, 0.3) is 0 Å². The highest BCUT2D eigenvalue weighted by molar-refractivity contribution is 5.20. The second-order valence-electron chi connectivity index (χ2n) is 23.8. The fourth-order valence-electron chi connectivity index (χ4n) is 15.0. The number of rotatable bonds is 14. The van der Waals surface area contributed by atoms with Crippen molar-refractivity contribution >= 4 is 0 Å². The lowest BCUT2D eigenvalue weighted by molar-refractivity contribution is -0.378. The highest BCUT2D eigenvalue weighted by Crippen LogP contribution is 2.76. The predicted octanol–water partition coefficient (Wildman–Crippen LogP) is -1.86. The molecule has 4 saturated carbocycles. The van der Waals surface area contributed by atoms with Crippen LogP contribution in [-0.4, -0.2) is 213 Å². The molecule has 3 heterocycles. The average Bonchev–Trinajstić information content (AvgIpc) is 3.67.